The minimum Gasteiger partial charge on any atom is -0.497 e. The number of methoxy groups -OCH3 is 1. The van der Waals surface area contributed by atoms with Crippen LogP contribution in [0.25, 0.3) is 17.0 Å². The Morgan fingerprint density at radius 1 is 1.25 bits per heavy atom. The Morgan fingerprint density at radius 3 is 2.92 bits per heavy atom. The minimum absolute atomic E-state index is 0.283. The molecule has 4 aromatic rings. The number of ether oxygens (including phenoxy) is 1. The molecule has 0 saturated heterocycles. The van der Waals surface area contributed by atoms with Crippen LogP contribution < -0.4 is 10.2 Å². The zero-order valence-corrected chi connectivity index (χ0v) is 20.8. The number of amides is 1. The number of hydrogen-bond donors (Lipinski definition) is 4. The Kier molecular flexibility index (Phi) is 7.13. The molecule has 0 saturated carbocycles. The van der Waals surface area contributed by atoms with Gasteiger partial charge in [0.25, 0.3) is 5.91 Å². The molecule has 1 aliphatic carbocycles. The molecule has 0 aliphatic heterocycles. The largest absolute Gasteiger partial charge is 0.497 e. The van der Waals surface area contributed by atoms with Crippen LogP contribution in [0.5, 0.6) is 5.75 Å². The number of carbonyl (C=O) groups is 1. The average Bonchev–Trinajstić information content (AvgIpc) is 3.62. The number of H-pyrrole nitrogens is 2. The first-order valence-electron chi connectivity index (χ1n) is 12.0. The fourth-order valence-electron chi connectivity index (χ4n) is 5.14. The van der Waals surface area contributed by atoms with Gasteiger partial charge in [0.2, 0.25) is 0 Å². The summed E-state index contributed by atoms with van der Waals surface area (Å²) in [6, 6.07) is 16.7. The van der Waals surface area contributed by atoms with E-state index in [-0.39, 0.29) is 6.04 Å². The molecule has 2 heterocycles. The molecular formula is C28H29ClN4O3. The molecule has 2 aromatic heterocycles. The van der Waals surface area contributed by atoms with Gasteiger partial charge in [-0.2, -0.15) is 0 Å². The molecule has 1 atom stereocenters. The van der Waals surface area contributed by atoms with E-state index >= 15 is 0 Å². The van der Waals surface area contributed by atoms with E-state index in [2.05, 4.69) is 39.3 Å². The SMILES string of the molecule is COc1ccc2c(CCN(Cc3ccc(Cl)[nH]3)C3CCc4cc(C=CC(=O)NO)ccc43)c[nH]c2c1. The summed E-state index contributed by atoms with van der Waals surface area (Å²) in [5, 5.41) is 10.6. The molecule has 5 rings (SSSR count). The number of hydroxylamine groups is 1. The molecule has 0 fully saturated rings. The van der Waals surface area contributed by atoms with E-state index < -0.39 is 5.91 Å². The number of carbonyl (C=O) groups excluding carboxylic acids is 1. The second kappa shape index (κ2) is 10.6. The van der Waals surface area contributed by atoms with Crippen molar-refractivity contribution < 1.29 is 14.7 Å². The molecule has 1 amide bonds. The van der Waals surface area contributed by atoms with Crippen molar-refractivity contribution in [3.63, 3.8) is 0 Å². The van der Waals surface area contributed by atoms with Crippen molar-refractivity contribution in [1.29, 1.82) is 0 Å². The highest BCUT2D eigenvalue weighted by molar-refractivity contribution is 6.29. The summed E-state index contributed by atoms with van der Waals surface area (Å²) in [4.78, 5) is 20.5. The maximum atomic E-state index is 11.3. The zero-order chi connectivity index (χ0) is 25.1. The number of rotatable bonds is 9. The molecule has 0 radical (unpaired) electrons. The highest BCUT2D eigenvalue weighted by Gasteiger charge is 2.28. The van der Waals surface area contributed by atoms with Crippen LogP contribution in [0, 0.1) is 0 Å². The van der Waals surface area contributed by atoms with Crippen LogP contribution in [-0.4, -0.2) is 39.6 Å². The van der Waals surface area contributed by atoms with E-state index in [0.29, 0.717) is 5.15 Å². The third-order valence-electron chi connectivity index (χ3n) is 6.92. The third-order valence-corrected chi connectivity index (χ3v) is 7.14. The lowest BCUT2D eigenvalue weighted by atomic mass is 10.0. The topological polar surface area (TPSA) is 93.4 Å². The highest BCUT2D eigenvalue weighted by atomic mass is 35.5. The van der Waals surface area contributed by atoms with Gasteiger partial charge in [-0.15, -0.1) is 0 Å². The number of benzene rings is 2. The second-order valence-electron chi connectivity index (χ2n) is 9.10. The Bertz CT molecular complexity index is 1410. The fraction of sp³-hybridized carbons (Fsp3) is 0.250. The lowest BCUT2D eigenvalue weighted by molar-refractivity contribution is -0.124. The van der Waals surface area contributed by atoms with Crippen molar-refractivity contribution in [2.45, 2.75) is 31.8 Å². The lowest BCUT2D eigenvalue weighted by Crippen LogP contribution is -2.29. The van der Waals surface area contributed by atoms with E-state index in [1.807, 2.05) is 30.3 Å². The smallest absolute Gasteiger partial charge is 0.267 e. The Morgan fingerprint density at radius 2 is 2.14 bits per heavy atom. The predicted octanol–water partition coefficient (Wildman–Crippen LogP) is 5.41. The van der Waals surface area contributed by atoms with Crippen LogP contribution in [-0.2, 0) is 24.2 Å². The summed E-state index contributed by atoms with van der Waals surface area (Å²) in [6.07, 6.45) is 8.04. The van der Waals surface area contributed by atoms with Crippen molar-refractivity contribution in [1.82, 2.24) is 20.3 Å². The van der Waals surface area contributed by atoms with Gasteiger partial charge in [0.05, 0.1) is 7.11 Å². The maximum Gasteiger partial charge on any atom is 0.267 e. The van der Waals surface area contributed by atoms with Gasteiger partial charge in [0, 0.05) is 54.1 Å². The summed E-state index contributed by atoms with van der Waals surface area (Å²) in [7, 11) is 1.68. The van der Waals surface area contributed by atoms with Crippen LogP contribution >= 0.6 is 11.6 Å². The van der Waals surface area contributed by atoms with E-state index in [1.54, 1.807) is 18.7 Å². The van der Waals surface area contributed by atoms with E-state index in [9.17, 15) is 4.79 Å². The van der Waals surface area contributed by atoms with Crippen molar-refractivity contribution >= 4 is 34.5 Å². The lowest BCUT2D eigenvalue weighted by Gasteiger charge is -2.29. The van der Waals surface area contributed by atoms with Gasteiger partial charge in [0.15, 0.2) is 0 Å². The first kappa shape index (κ1) is 24.2. The van der Waals surface area contributed by atoms with Crippen molar-refractivity contribution in [3.05, 3.63) is 93.9 Å². The van der Waals surface area contributed by atoms with Crippen LogP contribution in [0.1, 0.15) is 40.4 Å². The zero-order valence-electron chi connectivity index (χ0n) is 20.1. The van der Waals surface area contributed by atoms with Gasteiger partial charge in [-0.25, -0.2) is 5.48 Å². The number of hydrogen-bond acceptors (Lipinski definition) is 4. The molecule has 36 heavy (non-hydrogen) atoms. The van der Waals surface area contributed by atoms with Gasteiger partial charge in [-0.05, 0) is 71.9 Å². The Labute approximate surface area is 214 Å². The quantitative estimate of drug-likeness (QED) is 0.139. The van der Waals surface area contributed by atoms with Crippen LogP contribution in [0.15, 0.2) is 60.8 Å². The van der Waals surface area contributed by atoms with Gasteiger partial charge in [-0.1, -0.05) is 29.8 Å². The molecule has 1 unspecified atom stereocenters. The van der Waals surface area contributed by atoms with Gasteiger partial charge < -0.3 is 14.7 Å². The van der Waals surface area contributed by atoms with Crippen molar-refractivity contribution in [2.24, 2.45) is 0 Å². The van der Waals surface area contributed by atoms with Gasteiger partial charge >= 0.3 is 0 Å². The summed E-state index contributed by atoms with van der Waals surface area (Å²) in [5.74, 6) is 0.301. The number of aromatic nitrogens is 2. The molecule has 2 aromatic carbocycles. The number of nitrogens with zero attached hydrogens (tertiary/aromatic N) is 1. The van der Waals surface area contributed by atoms with Crippen LogP contribution in [0.4, 0.5) is 0 Å². The van der Waals surface area contributed by atoms with Crippen molar-refractivity contribution in [3.8, 4) is 5.75 Å². The number of fused-ring (bicyclic) bond motifs is 2. The first-order chi connectivity index (χ1) is 17.5. The summed E-state index contributed by atoms with van der Waals surface area (Å²) < 4.78 is 5.36. The van der Waals surface area contributed by atoms with Crippen molar-refractivity contribution in [2.75, 3.05) is 13.7 Å². The molecule has 1 aliphatic rings. The average molecular weight is 505 g/mol. The second-order valence-corrected chi connectivity index (χ2v) is 9.51. The molecule has 0 spiro atoms. The standard InChI is InChI=1S/C28H29ClN4O3/c1-36-22-6-8-23-20(16-30-25(23)15-22)12-13-33(17-21-5-10-27(29)31-21)26-9-4-19-14-18(2-7-24(19)26)3-11-28(34)32-35/h2-3,5-8,10-11,14-16,26,30-31,35H,4,9,12-13,17H2,1H3,(H,32,34). The molecule has 7 nitrogen and oxygen atoms in total. The molecule has 4 N–H and O–H groups in total. The third kappa shape index (κ3) is 5.18. The predicted molar refractivity (Wildman–Crippen MR) is 141 cm³/mol. The van der Waals surface area contributed by atoms with E-state index in [4.69, 9.17) is 21.5 Å². The van der Waals surface area contributed by atoms with Gasteiger partial charge in [-0.3, -0.25) is 14.9 Å². The van der Waals surface area contributed by atoms with E-state index in [1.165, 1.54) is 28.2 Å². The number of aromatic amines is 2. The molecule has 186 valence electrons. The summed E-state index contributed by atoms with van der Waals surface area (Å²) in [6.45, 7) is 1.66. The van der Waals surface area contributed by atoms with Crippen LogP contribution in [0.3, 0.4) is 0 Å². The number of aryl methyl sites for hydroxylation is 1. The summed E-state index contributed by atoms with van der Waals surface area (Å²) >= 11 is 6.17. The maximum absolute atomic E-state index is 11.3. The Balaban J connectivity index is 1.38. The highest BCUT2D eigenvalue weighted by Crippen LogP contribution is 2.37. The fourth-order valence-corrected chi connectivity index (χ4v) is 5.32. The van der Waals surface area contributed by atoms with Gasteiger partial charge in [0.1, 0.15) is 10.9 Å². The summed E-state index contributed by atoms with van der Waals surface area (Å²) in [5.41, 5.74) is 8.62. The normalized spacial score (nSPS) is 15.2. The molecule has 8 heteroatoms. The molecule has 0 bridgehead atoms. The Hall–Kier alpha value is -3.52. The molecular weight excluding hydrogens is 476 g/mol. The minimum atomic E-state index is -0.542. The van der Waals surface area contributed by atoms with Crippen LogP contribution in [0.2, 0.25) is 5.15 Å². The number of halogens is 1. The number of nitrogens with one attached hydrogen (secondary N) is 3. The first-order valence-corrected chi connectivity index (χ1v) is 12.4. The monoisotopic (exact) mass is 504 g/mol. The van der Waals surface area contributed by atoms with E-state index in [0.717, 1.165) is 54.9 Å².